The minimum absolute atomic E-state index is 0.121. The maximum Gasteiger partial charge on any atom is 0.306 e. The zero-order valence-electron chi connectivity index (χ0n) is 48.5. The van der Waals surface area contributed by atoms with Crippen molar-refractivity contribution in [1.29, 1.82) is 0 Å². The quantitative estimate of drug-likeness (QED) is 0.0261. The highest BCUT2D eigenvalue weighted by atomic mass is 16.6. The van der Waals surface area contributed by atoms with Crippen LogP contribution in [0.25, 0.3) is 0 Å². The number of unbranched alkanes of at least 4 members (excludes halogenated alkanes) is 21. The maximum absolute atomic E-state index is 12.9. The fraction of sp³-hybridized carbons (Fsp3) is 0.638. The van der Waals surface area contributed by atoms with Crippen molar-refractivity contribution in [3.8, 4) is 0 Å². The highest BCUT2D eigenvalue weighted by molar-refractivity contribution is 5.71. The van der Waals surface area contributed by atoms with Gasteiger partial charge in [-0.3, -0.25) is 14.4 Å². The van der Waals surface area contributed by atoms with Crippen LogP contribution in [0.15, 0.2) is 134 Å². The summed E-state index contributed by atoms with van der Waals surface area (Å²) in [6.45, 7) is 6.34. The number of hydrogen-bond donors (Lipinski definition) is 0. The van der Waals surface area contributed by atoms with Crippen LogP contribution in [0.3, 0.4) is 0 Å². The van der Waals surface area contributed by atoms with Gasteiger partial charge in [0, 0.05) is 19.3 Å². The molecule has 424 valence electrons. The third-order valence-corrected chi connectivity index (χ3v) is 12.7. The Morgan fingerprint density at radius 2 is 0.533 bits per heavy atom. The van der Waals surface area contributed by atoms with E-state index in [1.807, 2.05) is 0 Å². The van der Waals surface area contributed by atoms with Gasteiger partial charge in [-0.1, -0.05) is 270 Å². The molecule has 1 atom stereocenters. The van der Waals surface area contributed by atoms with Crippen LogP contribution in [0.1, 0.15) is 265 Å². The maximum atomic E-state index is 12.9. The molecule has 0 saturated heterocycles. The predicted molar refractivity (Wildman–Crippen MR) is 325 cm³/mol. The minimum atomic E-state index is -0.824. The van der Waals surface area contributed by atoms with Crippen molar-refractivity contribution in [3.63, 3.8) is 0 Å². The van der Waals surface area contributed by atoms with Crippen LogP contribution < -0.4 is 0 Å². The third kappa shape index (κ3) is 60.3. The molecule has 0 fully saturated rings. The Morgan fingerprint density at radius 1 is 0.280 bits per heavy atom. The topological polar surface area (TPSA) is 78.9 Å². The molecule has 0 aromatic heterocycles. The smallest absolute Gasteiger partial charge is 0.306 e. The van der Waals surface area contributed by atoms with Crippen LogP contribution in [-0.2, 0) is 28.6 Å². The molecule has 0 aromatic rings. The van der Waals surface area contributed by atoms with Gasteiger partial charge in [0.2, 0.25) is 0 Å². The SMILES string of the molecule is CC/C=C\C/C=C\C/C=C\C/C=C\C/C=C\C/C=C\CCCCC(=O)OCC(COC(=O)CCC/C=C\C/C=C\C/C=C\C/C=C\C/C=C\CC)OC(=O)CCCCCCCCCCCCCCCCCCCCC. The monoisotopic (exact) mass is 1040 g/mol. The summed E-state index contributed by atoms with van der Waals surface area (Å²) >= 11 is 0. The second kappa shape index (κ2) is 62.1. The van der Waals surface area contributed by atoms with Crippen molar-refractivity contribution in [2.45, 2.75) is 271 Å². The number of hydrogen-bond acceptors (Lipinski definition) is 6. The van der Waals surface area contributed by atoms with Gasteiger partial charge in [0.15, 0.2) is 6.10 Å². The molecule has 75 heavy (non-hydrogen) atoms. The van der Waals surface area contributed by atoms with Gasteiger partial charge in [-0.25, -0.2) is 0 Å². The van der Waals surface area contributed by atoms with Crippen molar-refractivity contribution in [2.24, 2.45) is 0 Å². The molecule has 0 bridgehead atoms. The summed E-state index contributed by atoms with van der Waals surface area (Å²) in [5.41, 5.74) is 0. The number of ether oxygens (including phenoxy) is 3. The average molecular weight is 1040 g/mol. The molecule has 0 aliphatic heterocycles. The van der Waals surface area contributed by atoms with E-state index in [1.54, 1.807) is 0 Å². The summed E-state index contributed by atoms with van der Waals surface area (Å²) in [6, 6.07) is 0. The summed E-state index contributed by atoms with van der Waals surface area (Å²) < 4.78 is 16.8. The molecule has 0 rings (SSSR count). The van der Waals surface area contributed by atoms with E-state index in [-0.39, 0.29) is 44.0 Å². The first-order valence-electron chi connectivity index (χ1n) is 30.7. The third-order valence-electron chi connectivity index (χ3n) is 12.7. The van der Waals surface area contributed by atoms with Gasteiger partial charge < -0.3 is 14.2 Å². The number of rotatable bonds is 54. The van der Waals surface area contributed by atoms with Gasteiger partial charge in [-0.15, -0.1) is 0 Å². The van der Waals surface area contributed by atoms with E-state index in [4.69, 9.17) is 14.2 Å². The summed E-state index contributed by atoms with van der Waals surface area (Å²) in [7, 11) is 0. The van der Waals surface area contributed by atoms with Crippen LogP contribution in [0.5, 0.6) is 0 Å². The molecular weight excluding hydrogens is 925 g/mol. The van der Waals surface area contributed by atoms with Crippen molar-refractivity contribution >= 4 is 17.9 Å². The van der Waals surface area contributed by atoms with Crippen LogP contribution in [0, 0.1) is 0 Å². The first-order chi connectivity index (χ1) is 37.0. The Hall–Kier alpha value is -4.45. The van der Waals surface area contributed by atoms with E-state index in [0.29, 0.717) is 19.3 Å². The van der Waals surface area contributed by atoms with Crippen LogP contribution in [0.4, 0.5) is 0 Å². The molecule has 0 N–H and O–H groups in total. The van der Waals surface area contributed by atoms with Gasteiger partial charge >= 0.3 is 17.9 Å². The summed E-state index contributed by atoms with van der Waals surface area (Å²) in [4.78, 5) is 38.3. The Labute approximate surface area is 462 Å². The summed E-state index contributed by atoms with van der Waals surface area (Å²) in [6.07, 6.45) is 87.4. The largest absolute Gasteiger partial charge is 0.462 e. The lowest BCUT2D eigenvalue weighted by molar-refractivity contribution is -0.167. The van der Waals surface area contributed by atoms with Gasteiger partial charge in [-0.2, -0.15) is 0 Å². The van der Waals surface area contributed by atoms with E-state index in [1.165, 1.54) is 103 Å². The van der Waals surface area contributed by atoms with Crippen molar-refractivity contribution in [2.75, 3.05) is 13.2 Å². The van der Waals surface area contributed by atoms with Gasteiger partial charge in [0.1, 0.15) is 13.2 Å². The number of esters is 3. The number of allylic oxidation sites excluding steroid dienone is 22. The normalized spacial score (nSPS) is 13.1. The van der Waals surface area contributed by atoms with Gasteiger partial charge in [-0.05, 0) is 109 Å². The van der Waals surface area contributed by atoms with Crippen LogP contribution >= 0.6 is 0 Å². The summed E-state index contributed by atoms with van der Waals surface area (Å²) in [5, 5.41) is 0. The molecule has 0 aliphatic carbocycles. The zero-order chi connectivity index (χ0) is 54.3. The van der Waals surface area contributed by atoms with E-state index in [0.717, 1.165) is 109 Å². The minimum Gasteiger partial charge on any atom is -0.462 e. The number of carbonyl (C=O) groups excluding carboxylic acids is 3. The molecule has 0 aliphatic rings. The second-order valence-corrected chi connectivity index (χ2v) is 19.9. The predicted octanol–water partition coefficient (Wildman–Crippen LogP) is 21.0. The van der Waals surface area contributed by atoms with Crippen molar-refractivity contribution in [1.82, 2.24) is 0 Å². The van der Waals surface area contributed by atoms with E-state index >= 15 is 0 Å². The molecule has 0 radical (unpaired) electrons. The second-order valence-electron chi connectivity index (χ2n) is 19.9. The Morgan fingerprint density at radius 3 is 0.867 bits per heavy atom. The highest BCUT2D eigenvalue weighted by Gasteiger charge is 2.19. The lowest BCUT2D eigenvalue weighted by Gasteiger charge is -2.18. The summed E-state index contributed by atoms with van der Waals surface area (Å²) in [5.74, 6) is -1.02. The van der Waals surface area contributed by atoms with E-state index < -0.39 is 6.10 Å². The Kier molecular flexibility index (Phi) is 58.4. The Bertz CT molecular complexity index is 1620. The molecule has 0 amide bonds. The van der Waals surface area contributed by atoms with E-state index in [9.17, 15) is 14.4 Å². The van der Waals surface area contributed by atoms with Gasteiger partial charge in [0.05, 0.1) is 0 Å². The molecule has 0 spiro atoms. The van der Waals surface area contributed by atoms with E-state index in [2.05, 4.69) is 154 Å². The van der Waals surface area contributed by atoms with Crippen molar-refractivity contribution in [3.05, 3.63) is 134 Å². The Balaban J connectivity index is 4.54. The first-order valence-corrected chi connectivity index (χ1v) is 30.7. The number of carbonyl (C=O) groups is 3. The molecular formula is C69H112O6. The molecule has 0 saturated carbocycles. The molecule has 0 aromatic carbocycles. The van der Waals surface area contributed by atoms with Crippen molar-refractivity contribution < 1.29 is 28.6 Å². The van der Waals surface area contributed by atoms with Crippen LogP contribution in [0.2, 0.25) is 0 Å². The lowest BCUT2D eigenvalue weighted by atomic mass is 10.0. The lowest BCUT2D eigenvalue weighted by Crippen LogP contribution is -2.30. The molecule has 0 heterocycles. The van der Waals surface area contributed by atoms with Gasteiger partial charge in [0.25, 0.3) is 0 Å². The highest BCUT2D eigenvalue weighted by Crippen LogP contribution is 2.16. The fourth-order valence-electron chi connectivity index (χ4n) is 8.13. The fourth-order valence-corrected chi connectivity index (χ4v) is 8.13. The molecule has 1 unspecified atom stereocenters. The zero-order valence-corrected chi connectivity index (χ0v) is 48.5. The standard InChI is InChI=1S/C69H112O6/c1-4-7-10-13-16-19-22-25-28-31-33-34-36-38-41-44-47-50-53-56-59-62-68(71)74-65-66(64-73-67(70)61-58-55-52-49-46-43-40-37-30-27-24-21-18-15-12-9-6-3)75-69(72)63-60-57-54-51-48-45-42-39-35-32-29-26-23-20-17-14-11-8-5-2/h7,9-10,12,16,18-19,21,25,27-28,30,33-34,38,40-41,43,47,49-50,52,66H,4-6,8,11,13-15,17,20,22-24,26,29,31-32,35-37,39,42,44-46,48,51,53-65H2,1-3H3/b10-7-,12-9-,19-16-,21-18-,28-25-,30-27-,34-33-,41-38-,43-40-,50-47-,52-49-. The van der Waals surface area contributed by atoms with Crippen LogP contribution in [-0.4, -0.2) is 37.2 Å². The molecule has 6 heteroatoms. The molecule has 6 nitrogen and oxygen atoms in total. The first kappa shape index (κ1) is 70.5. The average Bonchev–Trinajstić information content (AvgIpc) is 3.41.